The summed E-state index contributed by atoms with van der Waals surface area (Å²) in [6.07, 6.45) is 0. The van der Waals surface area contributed by atoms with E-state index in [2.05, 4.69) is 49.1 Å². The Morgan fingerprint density at radius 1 is 0.833 bits per heavy atom. The normalized spacial score (nSPS) is 18.8. The van der Waals surface area contributed by atoms with Gasteiger partial charge < -0.3 is 10.6 Å². The summed E-state index contributed by atoms with van der Waals surface area (Å²) in [6, 6.07) is 14.6. The minimum absolute atomic E-state index is 0.215. The Bertz CT molecular complexity index is 768. The van der Waals surface area contributed by atoms with Gasteiger partial charge in [0.25, 0.3) is 0 Å². The van der Waals surface area contributed by atoms with Crippen LogP contribution in [0.25, 0.3) is 0 Å². The molecule has 0 radical (unpaired) electrons. The van der Waals surface area contributed by atoms with Gasteiger partial charge in [0, 0.05) is 20.3 Å². The lowest BCUT2D eigenvalue weighted by molar-refractivity contribution is -0.122. The fourth-order valence-electron chi connectivity index (χ4n) is 2.53. The molecule has 2 aromatic carbocycles. The molecule has 1 fully saturated rings. The zero-order valence-corrected chi connectivity index (χ0v) is 15.7. The molecule has 2 N–H and O–H groups in total. The van der Waals surface area contributed by atoms with Gasteiger partial charge >= 0.3 is 0 Å². The molecular weight excluding hydrogens is 436 g/mol. The van der Waals surface area contributed by atoms with Gasteiger partial charge in [-0.2, -0.15) is 0 Å². The highest BCUT2D eigenvalue weighted by Crippen LogP contribution is 2.45. The average Bonchev–Trinajstić information content (AvgIpc) is 3.19. The molecule has 2 amide bonds. The minimum atomic E-state index is -0.490. The quantitative estimate of drug-likeness (QED) is 0.670. The van der Waals surface area contributed by atoms with E-state index in [0.29, 0.717) is 16.9 Å². The lowest BCUT2D eigenvalue weighted by Gasteiger charge is -2.06. The summed E-state index contributed by atoms with van der Waals surface area (Å²) >= 11 is 6.72. The largest absolute Gasteiger partial charge is 0.326 e. The van der Waals surface area contributed by atoms with Crippen molar-refractivity contribution < 1.29 is 9.59 Å². The highest BCUT2D eigenvalue weighted by atomic mass is 79.9. The monoisotopic (exact) mass is 448 g/mol. The maximum atomic E-state index is 12.3. The van der Waals surface area contributed by atoms with Crippen molar-refractivity contribution in [3.63, 3.8) is 0 Å². The number of nitrogens with one attached hydrogen (secondary N) is 2. The van der Waals surface area contributed by atoms with Crippen LogP contribution in [-0.2, 0) is 9.59 Å². The molecule has 2 aromatic rings. The Morgan fingerprint density at radius 3 is 1.62 bits per heavy atom. The van der Waals surface area contributed by atoms with Crippen molar-refractivity contribution in [2.45, 2.75) is 0 Å². The van der Waals surface area contributed by atoms with Crippen molar-refractivity contribution in [1.29, 1.82) is 0 Å². The van der Waals surface area contributed by atoms with Gasteiger partial charge in [0.1, 0.15) is 0 Å². The van der Waals surface area contributed by atoms with Crippen LogP contribution >= 0.6 is 31.9 Å². The van der Waals surface area contributed by atoms with Gasteiger partial charge in [-0.05, 0) is 36.4 Å². The van der Waals surface area contributed by atoms with Crippen molar-refractivity contribution in [2.75, 3.05) is 10.6 Å². The van der Waals surface area contributed by atoms with Crippen molar-refractivity contribution in [1.82, 2.24) is 0 Å². The van der Waals surface area contributed by atoms with Gasteiger partial charge in [0.15, 0.2) is 0 Å². The Labute approximate surface area is 156 Å². The molecule has 1 aliphatic carbocycles. The first kappa shape index (κ1) is 16.9. The molecule has 4 nitrogen and oxygen atoms in total. The third-order valence-electron chi connectivity index (χ3n) is 3.77. The molecule has 6 heteroatoms. The first-order valence-corrected chi connectivity index (χ1v) is 8.86. The number of benzene rings is 2. The number of rotatable bonds is 4. The lowest BCUT2D eigenvalue weighted by atomic mass is 10.2. The second kappa shape index (κ2) is 6.91. The second-order valence-corrected chi connectivity index (χ2v) is 7.36. The molecule has 122 valence electrons. The number of anilines is 2. The number of carbonyl (C=O) groups excluding carboxylic acids is 2. The Hall–Kier alpha value is -1.92. The zero-order valence-electron chi connectivity index (χ0n) is 12.6. The van der Waals surface area contributed by atoms with Crippen molar-refractivity contribution in [2.24, 2.45) is 11.8 Å². The average molecular weight is 450 g/mol. The molecule has 0 unspecified atom stereocenters. The van der Waals surface area contributed by atoms with Crippen LogP contribution in [0.1, 0.15) is 0 Å². The molecule has 0 bridgehead atoms. The molecule has 1 saturated carbocycles. The van der Waals surface area contributed by atoms with Gasteiger partial charge in [-0.1, -0.05) is 56.1 Å². The van der Waals surface area contributed by atoms with Crippen LogP contribution in [0.15, 0.2) is 69.6 Å². The maximum absolute atomic E-state index is 12.3. The van der Waals surface area contributed by atoms with Gasteiger partial charge in [-0.3, -0.25) is 9.59 Å². The fraction of sp³-hybridized carbons (Fsp3) is 0.111. The van der Waals surface area contributed by atoms with Crippen molar-refractivity contribution >= 4 is 55.0 Å². The molecule has 2 atom stereocenters. The summed E-state index contributed by atoms with van der Waals surface area (Å²) in [5, 5.41) is 5.63. The van der Waals surface area contributed by atoms with Crippen LogP contribution in [0.5, 0.6) is 0 Å². The van der Waals surface area contributed by atoms with E-state index in [1.54, 1.807) is 24.3 Å². The molecule has 0 saturated heterocycles. The van der Waals surface area contributed by atoms with E-state index in [0.717, 1.165) is 8.95 Å². The van der Waals surface area contributed by atoms with Crippen LogP contribution in [0.3, 0.4) is 0 Å². The van der Waals surface area contributed by atoms with Crippen molar-refractivity contribution in [3.05, 3.63) is 69.6 Å². The SMILES string of the molecule is C=C1[C@@H](C(=O)Nc2cccc(Br)c2)[C@@H]1C(=O)Nc1cccc(Br)c1. The lowest BCUT2D eigenvalue weighted by Crippen LogP contribution is -2.20. The molecule has 1 aliphatic rings. The Kier molecular flexibility index (Phi) is 4.87. The second-order valence-electron chi connectivity index (χ2n) is 5.53. The highest BCUT2D eigenvalue weighted by Gasteiger charge is 2.52. The molecular formula is C18H14Br2N2O2. The third kappa shape index (κ3) is 3.76. The number of amides is 2. The molecule has 24 heavy (non-hydrogen) atoms. The van der Waals surface area contributed by atoms with Crippen LogP contribution < -0.4 is 10.6 Å². The van der Waals surface area contributed by atoms with E-state index in [1.165, 1.54) is 0 Å². The van der Waals surface area contributed by atoms with E-state index in [1.807, 2.05) is 24.3 Å². The van der Waals surface area contributed by atoms with E-state index in [-0.39, 0.29) is 11.8 Å². The van der Waals surface area contributed by atoms with Gasteiger partial charge in [-0.25, -0.2) is 0 Å². The standard InChI is InChI=1S/C18H14Br2N2O2/c1-10-15(17(23)21-13-6-2-4-11(19)8-13)16(10)18(24)22-14-7-3-5-12(20)9-14/h2-9,15-16H,1H2,(H,21,23)(H,22,24)/t15-,16-/m1/s1. The number of carbonyl (C=O) groups is 2. The van der Waals surface area contributed by atoms with Gasteiger partial charge in [0.05, 0.1) is 11.8 Å². The topological polar surface area (TPSA) is 58.2 Å². The molecule has 0 spiro atoms. The molecule has 0 heterocycles. The summed E-state index contributed by atoms with van der Waals surface area (Å²) in [6.45, 7) is 3.85. The predicted octanol–water partition coefficient (Wildman–Crippen LogP) is 4.59. The van der Waals surface area contributed by atoms with E-state index < -0.39 is 11.8 Å². The Balaban J connectivity index is 1.63. The van der Waals surface area contributed by atoms with Gasteiger partial charge in [0.2, 0.25) is 11.8 Å². The zero-order chi connectivity index (χ0) is 17.3. The first-order chi connectivity index (χ1) is 11.5. The van der Waals surface area contributed by atoms with Crippen LogP contribution in [0, 0.1) is 11.8 Å². The summed E-state index contributed by atoms with van der Waals surface area (Å²) < 4.78 is 1.75. The predicted molar refractivity (Wildman–Crippen MR) is 102 cm³/mol. The number of hydrogen-bond donors (Lipinski definition) is 2. The van der Waals surface area contributed by atoms with Crippen LogP contribution in [-0.4, -0.2) is 11.8 Å². The summed E-state index contributed by atoms with van der Waals surface area (Å²) in [4.78, 5) is 24.7. The van der Waals surface area contributed by atoms with Gasteiger partial charge in [-0.15, -0.1) is 0 Å². The maximum Gasteiger partial charge on any atom is 0.232 e. The van der Waals surface area contributed by atoms with E-state index in [4.69, 9.17) is 0 Å². The highest BCUT2D eigenvalue weighted by molar-refractivity contribution is 9.10. The van der Waals surface area contributed by atoms with E-state index >= 15 is 0 Å². The van der Waals surface area contributed by atoms with E-state index in [9.17, 15) is 9.59 Å². The molecule has 0 aliphatic heterocycles. The molecule has 0 aromatic heterocycles. The molecule has 3 rings (SSSR count). The summed E-state index contributed by atoms with van der Waals surface area (Å²) in [5.41, 5.74) is 2.00. The fourth-order valence-corrected chi connectivity index (χ4v) is 3.33. The summed E-state index contributed by atoms with van der Waals surface area (Å²) in [5.74, 6) is -1.41. The number of halogens is 2. The summed E-state index contributed by atoms with van der Waals surface area (Å²) in [7, 11) is 0. The first-order valence-electron chi connectivity index (χ1n) is 7.27. The minimum Gasteiger partial charge on any atom is -0.326 e. The van der Waals surface area contributed by atoms with Crippen LogP contribution in [0.2, 0.25) is 0 Å². The van der Waals surface area contributed by atoms with Crippen molar-refractivity contribution in [3.8, 4) is 0 Å². The smallest absolute Gasteiger partial charge is 0.232 e. The Morgan fingerprint density at radius 2 is 1.25 bits per heavy atom. The third-order valence-corrected chi connectivity index (χ3v) is 4.76. The van der Waals surface area contributed by atoms with Crippen LogP contribution in [0.4, 0.5) is 11.4 Å². The number of hydrogen-bond acceptors (Lipinski definition) is 2.